The first-order valence-electron chi connectivity index (χ1n) is 7.10. The van der Waals surface area contributed by atoms with Crippen LogP contribution in [0.5, 0.6) is 0 Å². The van der Waals surface area contributed by atoms with Crippen LogP contribution in [-0.2, 0) is 4.74 Å². The molecular weight excluding hydrogens is 351 g/mol. The van der Waals surface area contributed by atoms with Crippen LogP contribution < -0.4 is 0 Å². The molecule has 0 unspecified atom stereocenters. The Morgan fingerprint density at radius 2 is 1.71 bits per heavy atom. The van der Waals surface area contributed by atoms with E-state index in [1.807, 2.05) is 30.3 Å². The van der Waals surface area contributed by atoms with Gasteiger partial charge in [0.1, 0.15) is 0 Å². The smallest absolute Gasteiger partial charge is 0.341 e. The Hall–Kier alpha value is -2.37. The molecule has 1 atom stereocenters. The molecule has 1 heterocycles. The second-order valence-corrected chi connectivity index (χ2v) is 5.77. The van der Waals surface area contributed by atoms with E-state index in [1.165, 1.54) is 0 Å². The molecule has 1 aromatic heterocycles. The molecule has 0 aliphatic heterocycles. The number of esters is 1. The van der Waals surface area contributed by atoms with E-state index in [1.54, 1.807) is 25.1 Å². The van der Waals surface area contributed by atoms with Crippen LogP contribution in [0.15, 0.2) is 52.9 Å². The standard InChI is InChI=1S/C17H12Cl2N2O3/c1-10(23-17(22)14-12(18)8-5-9-13(14)19)15-20-21-16(24-15)11-6-3-2-4-7-11/h2-10H,1H3/t10-/m0/s1. The highest BCUT2D eigenvalue weighted by atomic mass is 35.5. The molecular formula is C17H12Cl2N2O3. The van der Waals surface area contributed by atoms with E-state index >= 15 is 0 Å². The van der Waals surface area contributed by atoms with Gasteiger partial charge >= 0.3 is 5.97 Å². The monoisotopic (exact) mass is 362 g/mol. The van der Waals surface area contributed by atoms with Crippen LogP contribution in [-0.4, -0.2) is 16.2 Å². The minimum absolute atomic E-state index is 0.107. The molecule has 3 aromatic rings. The first-order chi connectivity index (χ1) is 11.6. The van der Waals surface area contributed by atoms with Crippen molar-refractivity contribution in [1.29, 1.82) is 0 Å². The maximum Gasteiger partial charge on any atom is 0.341 e. The molecule has 0 aliphatic carbocycles. The number of carbonyl (C=O) groups is 1. The van der Waals surface area contributed by atoms with Gasteiger partial charge in [0, 0.05) is 5.56 Å². The fourth-order valence-corrected chi connectivity index (χ4v) is 2.61. The minimum Gasteiger partial charge on any atom is -0.449 e. The van der Waals surface area contributed by atoms with E-state index in [4.69, 9.17) is 32.4 Å². The zero-order chi connectivity index (χ0) is 17.1. The van der Waals surface area contributed by atoms with Gasteiger partial charge in [0.2, 0.25) is 5.89 Å². The lowest BCUT2D eigenvalue weighted by Crippen LogP contribution is -2.10. The summed E-state index contributed by atoms with van der Waals surface area (Å²) < 4.78 is 10.9. The molecule has 0 bridgehead atoms. The zero-order valence-corrected chi connectivity index (χ0v) is 14.1. The molecule has 3 rings (SSSR count). The maximum absolute atomic E-state index is 12.3. The van der Waals surface area contributed by atoms with Crippen molar-refractivity contribution < 1.29 is 13.9 Å². The fraction of sp³-hybridized carbons (Fsp3) is 0.118. The van der Waals surface area contributed by atoms with E-state index in [2.05, 4.69) is 10.2 Å². The quantitative estimate of drug-likeness (QED) is 0.613. The highest BCUT2D eigenvalue weighted by Gasteiger charge is 2.23. The van der Waals surface area contributed by atoms with E-state index in [9.17, 15) is 4.79 Å². The van der Waals surface area contributed by atoms with Crippen molar-refractivity contribution in [2.45, 2.75) is 13.0 Å². The average molecular weight is 363 g/mol. The lowest BCUT2D eigenvalue weighted by Gasteiger charge is -2.11. The van der Waals surface area contributed by atoms with Crippen LogP contribution in [0.1, 0.15) is 29.3 Å². The number of ether oxygens (including phenoxy) is 1. The van der Waals surface area contributed by atoms with Gasteiger partial charge in [-0.2, -0.15) is 0 Å². The second kappa shape index (κ2) is 7.03. The van der Waals surface area contributed by atoms with Gasteiger partial charge in [-0.15, -0.1) is 10.2 Å². The second-order valence-electron chi connectivity index (χ2n) is 4.96. The number of aromatic nitrogens is 2. The molecule has 0 fully saturated rings. The van der Waals surface area contributed by atoms with Gasteiger partial charge in [0.05, 0.1) is 15.6 Å². The minimum atomic E-state index is -0.741. The number of rotatable bonds is 4. The zero-order valence-electron chi connectivity index (χ0n) is 12.6. The summed E-state index contributed by atoms with van der Waals surface area (Å²) in [5, 5.41) is 8.32. The SMILES string of the molecule is C[C@H](OC(=O)c1c(Cl)cccc1Cl)c1nnc(-c2ccccc2)o1. The predicted molar refractivity (Wildman–Crippen MR) is 90.0 cm³/mol. The molecule has 5 nitrogen and oxygen atoms in total. The molecule has 0 aliphatic rings. The van der Waals surface area contributed by atoms with Gasteiger partial charge in [-0.05, 0) is 31.2 Å². The molecule has 2 aromatic carbocycles. The number of benzene rings is 2. The van der Waals surface area contributed by atoms with Gasteiger partial charge in [0.25, 0.3) is 5.89 Å². The summed E-state index contributed by atoms with van der Waals surface area (Å²) in [5.41, 5.74) is 0.888. The van der Waals surface area contributed by atoms with Crippen LogP contribution in [0, 0.1) is 0 Å². The third-order valence-electron chi connectivity index (χ3n) is 3.26. The van der Waals surface area contributed by atoms with Gasteiger partial charge in [-0.3, -0.25) is 0 Å². The van der Waals surface area contributed by atoms with Crippen LogP contribution in [0.2, 0.25) is 10.0 Å². The largest absolute Gasteiger partial charge is 0.449 e. The van der Waals surface area contributed by atoms with Crippen LogP contribution in [0.25, 0.3) is 11.5 Å². The van der Waals surface area contributed by atoms with E-state index in [0.717, 1.165) is 5.56 Å². The highest BCUT2D eigenvalue weighted by molar-refractivity contribution is 6.39. The lowest BCUT2D eigenvalue weighted by atomic mass is 10.2. The van der Waals surface area contributed by atoms with Gasteiger partial charge in [-0.1, -0.05) is 47.5 Å². The first-order valence-corrected chi connectivity index (χ1v) is 7.85. The molecule has 0 saturated carbocycles. The number of carbonyl (C=O) groups excluding carboxylic acids is 1. The average Bonchev–Trinajstić information content (AvgIpc) is 3.05. The Balaban J connectivity index is 1.77. The Morgan fingerprint density at radius 1 is 1.04 bits per heavy atom. The van der Waals surface area contributed by atoms with Crippen molar-refractivity contribution in [3.05, 3.63) is 70.0 Å². The summed E-state index contributed by atoms with van der Waals surface area (Å²) in [6.07, 6.45) is -0.741. The van der Waals surface area contributed by atoms with Crippen molar-refractivity contribution in [2.75, 3.05) is 0 Å². The van der Waals surface area contributed by atoms with E-state index in [-0.39, 0.29) is 21.5 Å². The fourth-order valence-electron chi connectivity index (χ4n) is 2.06. The van der Waals surface area contributed by atoms with Crippen LogP contribution in [0.3, 0.4) is 0 Å². The van der Waals surface area contributed by atoms with Crippen LogP contribution in [0.4, 0.5) is 0 Å². The summed E-state index contributed by atoms with van der Waals surface area (Å²) in [6, 6.07) is 14.1. The Kier molecular flexibility index (Phi) is 4.83. The van der Waals surface area contributed by atoms with E-state index in [0.29, 0.717) is 5.89 Å². The Morgan fingerprint density at radius 3 is 2.38 bits per heavy atom. The normalized spacial score (nSPS) is 12.0. The lowest BCUT2D eigenvalue weighted by molar-refractivity contribution is 0.0280. The molecule has 0 spiro atoms. The Labute approximate surface area is 148 Å². The van der Waals surface area contributed by atoms with Crippen molar-refractivity contribution >= 4 is 29.2 Å². The number of hydrogen-bond donors (Lipinski definition) is 0. The molecule has 0 saturated heterocycles. The third kappa shape index (κ3) is 3.42. The van der Waals surface area contributed by atoms with Crippen molar-refractivity contribution in [3.63, 3.8) is 0 Å². The summed E-state index contributed by atoms with van der Waals surface area (Å²) in [6.45, 7) is 1.63. The summed E-state index contributed by atoms with van der Waals surface area (Å²) in [7, 11) is 0. The third-order valence-corrected chi connectivity index (χ3v) is 3.89. The van der Waals surface area contributed by atoms with Gasteiger partial charge in [0.15, 0.2) is 6.10 Å². The molecule has 0 radical (unpaired) electrons. The van der Waals surface area contributed by atoms with Gasteiger partial charge < -0.3 is 9.15 Å². The topological polar surface area (TPSA) is 65.2 Å². The Bertz CT molecular complexity index is 845. The van der Waals surface area contributed by atoms with Crippen molar-refractivity contribution in [2.24, 2.45) is 0 Å². The van der Waals surface area contributed by atoms with Crippen LogP contribution >= 0.6 is 23.2 Å². The highest BCUT2D eigenvalue weighted by Crippen LogP contribution is 2.28. The van der Waals surface area contributed by atoms with E-state index < -0.39 is 12.1 Å². The summed E-state index contributed by atoms with van der Waals surface area (Å²) in [5.74, 6) is -0.118. The summed E-state index contributed by atoms with van der Waals surface area (Å²) in [4.78, 5) is 12.3. The number of nitrogens with zero attached hydrogens (tertiary/aromatic N) is 2. The summed E-state index contributed by atoms with van der Waals surface area (Å²) >= 11 is 12.0. The number of hydrogen-bond acceptors (Lipinski definition) is 5. The maximum atomic E-state index is 12.3. The first kappa shape index (κ1) is 16.5. The van der Waals surface area contributed by atoms with Crippen molar-refractivity contribution in [3.8, 4) is 11.5 Å². The molecule has 7 heteroatoms. The molecule has 122 valence electrons. The molecule has 0 amide bonds. The molecule has 24 heavy (non-hydrogen) atoms. The molecule has 0 N–H and O–H groups in total. The van der Waals surface area contributed by atoms with Crippen molar-refractivity contribution in [1.82, 2.24) is 10.2 Å². The number of halogens is 2. The predicted octanol–water partition coefficient (Wildman–Crippen LogP) is 4.96. The van der Waals surface area contributed by atoms with Gasteiger partial charge in [-0.25, -0.2) is 4.79 Å².